The van der Waals surface area contributed by atoms with Gasteiger partial charge < -0.3 is 5.11 Å². The minimum absolute atomic E-state index is 0.290. The lowest BCUT2D eigenvalue weighted by atomic mass is 9.92. The molecule has 0 amide bonds. The molecule has 1 rings (SSSR count). The summed E-state index contributed by atoms with van der Waals surface area (Å²) >= 11 is 0. The zero-order valence-corrected chi connectivity index (χ0v) is 8.88. The van der Waals surface area contributed by atoms with Gasteiger partial charge in [0.15, 0.2) is 0 Å². The second kappa shape index (κ2) is 4.29. The summed E-state index contributed by atoms with van der Waals surface area (Å²) in [6.45, 7) is 5.03. The van der Waals surface area contributed by atoms with E-state index in [0.29, 0.717) is 12.0 Å². The van der Waals surface area contributed by atoms with Crippen LogP contribution in [0.1, 0.15) is 24.5 Å². The van der Waals surface area contributed by atoms with E-state index in [0.717, 1.165) is 12.1 Å². The summed E-state index contributed by atoms with van der Waals surface area (Å²) in [6.07, 6.45) is -2.53. The first-order valence-corrected chi connectivity index (χ1v) is 4.78. The van der Waals surface area contributed by atoms with Crippen LogP contribution in [0.4, 0.5) is 13.2 Å². The number of halogens is 3. The Morgan fingerprint density at radius 1 is 1.19 bits per heavy atom. The van der Waals surface area contributed by atoms with Crippen LogP contribution in [-0.4, -0.2) is 5.11 Å². The summed E-state index contributed by atoms with van der Waals surface area (Å²) in [6, 6.07) is 4.50. The average molecular weight is 230 g/mol. The number of aliphatic hydroxyl groups is 1. The molecule has 1 N–H and O–H groups in total. The normalized spacial score (nSPS) is 15.6. The summed E-state index contributed by atoms with van der Waals surface area (Å²) in [7, 11) is 0. The Morgan fingerprint density at radius 2 is 1.62 bits per heavy atom. The van der Waals surface area contributed by atoms with Gasteiger partial charge in [0, 0.05) is 0 Å². The molecule has 0 aliphatic rings. The van der Waals surface area contributed by atoms with Crippen LogP contribution in [0.25, 0.3) is 0 Å². The molecule has 88 valence electrons. The van der Waals surface area contributed by atoms with E-state index in [1.807, 2.05) is 0 Å². The standard InChI is InChI=1S/C12H13F3O/c1-3-8-11(2,16)9-4-6-10(7-5-9)12(13,14)15/h3-7,16H,1,8H2,2H3/t11-/m0/s1. The lowest BCUT2D eigenvalue weighted by molar-refractivity contribution is -0.137. The number of rotatable bonds is 3. The van der Waals surface area contributed by atoms with Crippen molar-refractivity contribution in [3.8, 4) is 0 Å². The van der Waals surface area contributed by atoms with Gasteiger partial charge in [-0.05, 0) is 31.0 Å². The minimum atomic E-state index is -4.34. The molecular weight excluding hydrogens is 217 g/mol. The fourth-order valence-corrected chi connectivity index (χ4v) is 1.42. The van der Waals surface area contributed by atoms with E-state index in [2.05, 4.69) is 6.58 Å². The fourth-order valence-electron chi connectivity index (χ4n) is 1.42. The van der Waals surface area contributed by atoms with Crippen molar-refractivity contribution in [1.82, 2.24) is 0 Å². The van der Waals surface area contributed by atoms with E-state index < -0.39 is 17.3 Å². The fraction of sp³-hybridized carbons (Fsp3) is 0.333. The second-order valence-corrected chi connectivity index (χ2v) is 3.84. The van der Waals surface area contributed by atoms with E-state index in [9.17, 15) is 18.3 Å². The molecule has 0 aliphatic heterocycles. The molecule has 0 unspecified atom stereocenters. The first-order valence-electron chi connectivity index (χ1n) is 4.78. The number of alkyl halides is 3. The van der Waals surface area contributed by atoms with Gasteiger partial charge in [-0.25, -0.2) is 0 Å². The van der Waals surface area contributed by atoms with Gasteiger partial charge in [-0.3, -0.25) is 0 Å². The first-order chi connectivity index (χ1) is 7.27. The van der Waals surface area contributed by atoms with Crippen LogP contribution in [0.15, 0.2) is 36.9 Å². The SMILES string of the molecule is C=CC[C@](C)(O)c1ccc(C(F)(F)F)cc1. The largest absolute Gasteiger partial charge is 0.416 e. The third-order valence-corrected chi connectivity index (χ3v) is 2.38. The Balaban J connectivity index is 2.99. The molecule has 1 nitrogen and oxygen atoms in total. The molecule has 1 aromatic rings. The zero-order chi connectivity index (χ0) is 12.4. The van der Waals surface area contributed by atoms with Crippen LogP contribution in [0.3, 0.4) is 0 Å². The highest BCUT2D eigenvalue weighted by Crippen LogP contribution is 2.31. The first kappa shape index (κ1) is 12.8. The Kier molecular flexibility index (Phi) is 3.43. The molecule has 1 aromatic carbocycles. The average Bonchev–Trinajstić information content (AvgIpc) is 2.16. The van der Waals surface area contributed by atoms with Gasteiger partial charge in [0.1, 0.15) is 0 Å². The smallest absolute Gasteiger partial charge is 0.385 e. The highest BCUT2D eigenvalue weighted by atomic mass is 19.4. The number of benzene rings is 1. The lowest BCUT2D eigenvalue weighted by Crippen LogP contribution is -2.20. The van der Waals surface area contributed by atoms with Crippen molar-refractivity contribution in [2.24, 2.45) is 0 Å². The third kappa shape index (κ3) is 2.85. The second-order valence-electron chi connectivity index (χ2n) is 3.84. The molecule has 0 saturated carbocycles. The quantitative estimate of drug-likeness (QED) is 0.788. The maximum atomic E-state index is 12.3. The zero-order valence-electron chi connectivity index (χ0n) is 8.88. The van der Waals surface area contributed by atoms with Crippen molar-refractivity contribution in [3.05, 3.63) is 48.0 Å². The maximum Gasteiger partial charge on any atom is 0.416 e. The van der Waals surface area contributed by atoms with Crippen LogP contribution in [0, 0.1) is 0 Å². The van der Waals surface area contributed by atoms with E-state index in [-0.39, 0.29) is 0 Å². The van der Waals surface area contributed by atoms with Crippen LogP contribution in [-0.2, 0) is 11.8 Å². The summed E-state index contributed by atoms with van der Waals surface area (Å²) in [4.78, 5) is 0. The molecular formula is C12H13F3O. The summed E-state index contributed by atoms with van der Waals surface area (Å²) in [5, 5.41) is 9.93. The minimum Gasteiger partial charge on any atom is -0.385 e. The summed E-state index contributed by atoms with van der Waals surface area (Å²) < 4.78 is 36.9. The van der Waals surface area contributed by atoms with Crippen molar-refractivity contribution in [2.75, 3.05) is 0 Å². The summed E-state index contributed by atoms with van der Waals surface area (Å²) in [5.41, 5.74) is -1.45. The van der Waals surface area contributed by atoms with Crippen LogP contribution in [0.2, 0.25) is 0 Å². The van der Waals surface area contributed by atoms with Crippen LogP contribution >= 0.6 is 0 Å². The van der Waals surface area contributed by atoms with Gasteiger partial charge in [-0.2, -0.15) is 13.2 Å². The number of hydrogen-bond donors (Lipinski definition) is 1. The van der Waals surface area contributed by atoms with E-state index in [1.165, 1.54) is 25.1 Å². The van der Waals surface area contributed by atoms with Crippen LogP contribution < -0.4 is 0 Å². The molecule has 0 aliphatic carbocycles. The monoisotopic (exact) mass is 230 g/mol. The third-order valence-electron chi connectivity index (χ3n) is 2.38. The molecule has 0 radical (unpaired) electrons. The van der Waals surface area contributed by atoms with Crippen molar-refractivity contribution in [2.45, 2.75) is 25.1 Å². The molecule has 0 aromatic heterocycles. The molecule has 0 spiro atoms. The molecule has 4 heteroatoms. The van der Waals surface area contributed by atoms with Crippen LogP contribution in [0.5, 0.6) is 0 Å². The van der Waals surface area contributed by atoms with Gasteiger partial charge in [-0.15, -0.1) is 6.58 Å². The van der Waals surface area contributed by atoms with Gasteiger partial charge in [-0.1, -0.05) is 18.2 Å². The number of hydrogen-bond acceptors (Lipinski definition) is 1. The Bertz CT molecular complexity index is 363. The van der Waals surface area contributed by atoms with Gasteiger partial charge in [0.05, 0.1) is 11.2 Å². The predicted octanol–water partition coefficient (Wildman–Crippen LogP) is 3.49. The highest BCUT2D eigenvalue weighted by molar-refractivity contribution is 5.28. The molecule has 16 heavy (non-hydrogen) atoms. The van der Waals surface area contributed by atoms with Gasteiger partial charge in [0.25, 0.3) is 0 Å². The Morgan fingerprint density at radius 3 is 2.00 bits per heavy atom. The van der Waals surface area contributed by atoms with E-state index in [1.54, 1.807) is 0 Å². The van der Waals surface area contributed by atoms with E-state index in [4.69, 9.17) is 0 Å². The molecule has 0 saturated heterocycles. The molecule has 0 fully saturated rings. The van der Waals surface area contributed by atoms with Crippen molar-refractivity contribution >= 4 is 0 Å². The van der Waals surface area contributed by atoms with Crippen molar-refractivity contribution in [3.63, 3.8) is 0 Å². The van der Waals surface area contributed by atoms with Gasteiger partial charge >= 0.3 is 6.18 Å². The lowest BCUT2D eigenvalue weighted by Gasteiger charge is -2.22. The molecule has 1 atom stereocenters. The van der Waals surface area contributed by atoms with Crippen molar-refractivity contribution < 1.29 is 18.3 Å². The Hall–Kier alpha value is -1.29. The predicted molar refractivity (Wildman–Crippen MR) is 55.8 cm³/mol. The van der Waals surface area contributed by atoms with Gasteiger partial charge in [0.2, 0.25) is 0 Å². The van der Waals surface area contributed by atoms with E-state index >= 15 is 0 Å². The maximum absolute atomic E-state index is 12.3. The molecule has 0 heterocycles. The highest BCUT2D eigenvalue weighted by Gasteiger charge is 2.31. The topological polar surface area (TPSA) is 20.2 Å². The Labute approximate surface area is 92.2 Å². The van der Waals surface area contributed by atoms with Crippen molar-refractivity contribution in [1.29, 1.82) is 0 Å². The summed E-state index contributed by atoms with van der Waals surface area (Å²) in [5.74, 6) is 0. The molecule has 0 bridgehead atoms.